The first kappa shape index (κ1) is 22.3. The van der Waals surface area contributed by atoms with Crippen LogP contribution in [0.3, 0.4) is 0 Å². The summed E-state index contributed by atoms with van der Waals surface area (Å²) in [5.41, 5.74) is 0.497. The van der Waals surface area contributed by atoms with Crippen molar-refractivity contribution in [3.63, 3.8) is 0 Å². The third kappa shape index (κ3) is 4.70. The molecule has 1 amide bonds. The average Bonchev–Trinajstić information content (AvgIpc) is 3.59. The Morgan fingerprint density at radius 2 is 1.94 bits per heavy atom. The molecule has 11 heteroatoms. The van der Waals surface area contributed by atoms with Gasteiger partial charge < -0.3 is 20.1 Å². The number of alkyl halides is 3. The summed E-state index contributed by atoms with van der Waals surface area (Å²) in [5.74, 6) is 0.680. The monoisotopic (exact) mass is 487 g/mol. The van der Waals surface area contributed by atoms with Crippen molar-refractivity contribution in [3.05, 3.63) is 42.4 Å². The number of nitrogens with one attached hydrogen (secondary N) is 2. The van der Waals surface area contributed by atoms with E-state index in [2.05, 4.69) is 20.7 Å². The van der Waals surface area contributed by atoms with E-state index >= 15 is 0 Å². The van der Waals surface area contributed by atoms with Crippen LogP contribution in [0.25, 0.3) is 16.6 Å². The second-order valence-corrected chi connectivity index (χ2v) is 9.45. The minimum Gasteiger partial charge on any atom is -0.488 e. The molecule has 0 spiro atoms. The summed E-state index contributed by atoms with van der Waals surface area (Å²) in [6.07, 6.45) is 1.22. The topological polar surface area (TPSA) is 89.8 Å². The van der Waals surface area contributed by atoms with Crippen LogP contribution in [0.15, 0.2) is 36.7 Å². The molecule has 1 unspecified atom stereocenters. The van der Waals surface area contributed by atoms with Crippen molar-refractivity contribution >= 4 is 17.2 Å². The maximum absolute atomic E-state index is 13.5. The third-order valence-electron chi connectivity index (χ3n) is 6.63. The van der Waals surface area contributed by atoms with Gasteiger partial charge in [0.05, 0.1) is 24.9 Å². The van der Waals surface area contributed by atoms with Gasteiger partial charge in [0, 0.05) is 48.7 Å². The molecule has 0 radical (unpaired) electrons. The summed E-state index contributed by atoms with van der Waals surface area (Å²) in [7, 11) is 0. The molecule has 5 heterocycles. The Labute approximate surface area is 198 Å². The number of anilines is 1. The Kier molecular flexibility index (Phi) is 5.41. The fourth-order valence-electron chi connectivity index (χ4n) is 4.78. The highest BCUT2D eigenvalue weighted by Crippen LogP contribution is 2.38. The quantitative estimate of drug-likeness (QED) is 0.571. The SMILES string of the molecule is O=C(Nc1cc2cc(-c3cc(C(F)(F)F)ncc3OC3C[C@H]4COC[C@@H](C3)N4)ccn2n1)C1CC1. The lowest BCUT2D eigenvalue weighted by Crippen LogP contribution is -2.56. The van der Waals surface area contributed by atoms with E-state index in [0.717, 1.165) is 25.1 Å². The van der Waals surface area contributed by atoms with Crippen LogP contribution < -0.4 is 15.4 Å². The van der Waals surface area contributed by atoms with Gasteiger partial charge in [-0.25, -0.2) is 9.50 Å². The van der Waals surface area contributed by atoms with E-state index in [-0.39, 0.29) is 30.0 Å². The van der Waals surface area contributed by atoms with Gasteiger partial charge in [-0.15, -0.1) is 0 Å². The number of pyridine rings is 2. The molecule has 2 saturated heterocycles. The molecule has 1 aliphatic carbocycles. The fourth-order valence-corrected chi connectivity index (χ4v) is 4.78. The molecule has 6 rings (SSSR count). The van der Waals surface area contributed by atoms with Crippen molar-refractivity contribution in [1.29, 1.82) is 0 Å². The number of carbonyl (C=O) groups excluding carboxylic acids is 1. The average molecular weight is 487 g/mol. The standard InChI is InChI=1S/C24H24F3N5O3/c25-24(26,27)21-9-19(20(10-28-21)35-18-6-15-11-34-12-16(7-18)29-15)14-3-4-32-17(5-14)8-22(31-32)30-23(33)13-1-2-13/h3-5,8-10,13,15-16,18,29H,1-2,6-7,11-12H2,(H,30,31,33)/t15-,16+,18?. The molecule has 8 nitrogen and oxygen atoms in total. The van der Waals surface area contributed by atoms with Crippen LogP contribution in [-0.4, -0.2) is 51.9 Å². The number of rotatable bonds is 5. The first-order valence-electron chi connectivity index (χ1n) is 11.7. The van der Waals surface area contributed by atoms with E-state index in [1.807, 2.05) is 0 Å². The number of fused-ring (bicyclic) bond motifs is 3. The molecule has 3 aromatic rings. The first-order valence-corrected chi connectivity index (χ1v) is 11.7. The number of aromatic nitrogens is 3. The Balaban J connectivity index is 1.32. The number of hydrogen-bond donors (Lipinski definition) is 2. The number of morpholine rings is 1. The molecule has 2 N–H and O–H groups in total. The molecule has 3 fully saturated rings. The maximum atomic E-state index is 13.5. The van der Waals surface area contributed by atoms with Crippen LogP contribution in [-0.2, 0) is 15.7 Å². The molecule has 0 aromatic carbocycles. The van der Waals surface area contributed by atoms with Crippen molar-refractivity contribution in [2.45, 2.75) is 50.0 Å². The Bertz CT molecular complexity index is 1260. The summed E-state index contributed by atoms with van der Waals surface area (Å²) >= 11 is 0. The van der Waals surface area contributed by atoms with E-state index < -0.39 is 11.9 Å². The Morgan fingerprint density at radius 3 is 2.66 bits per heavy atom. The highest BCUT2D eigenvalue weighted by Gasteiger charge is 2.36. The number of halogens is 3. The lowest BCUT2D eigenvalue weighted by molar-refractivity contribution is -0.141. The smallest absolute Gasteiger partial charge is 0.433 e. The van der Waals surface area contributed by atoms with Gasteiger partial charge in [0.15, 0.2) is 5.82 Å². The lowest BCUT2D eigenvalue weighted by atomic mass is 9.94. The van der Waals surface area contributed by atoms with Crippen molar-refractivity contribution in [3.8, 4) is 16.9 Å². The van der Waals surface area contributed by atoms with Gasteiger partial charge in [-0.3, -0.25) is 4.79 Å². The predicted molar refractivity (Wildman–Crippen MR) is 120 cm³/mol. The highest BCUT2D eigenvalue weighted by atomic mass is 19.4. The van der Waals surface area contributed by atoms with Crippen LogP contribution in [0.4, 0.5) is 19.0 Å². The van der Waals surface area contributed by atoms with Crippen LogP contribution >= 0.6 is 0 Å². The van der Waals surface area contributed by atoms with E-state index in [9.17, 15) is 18.0 Å². The third-order valence-corrected chi connectivity index (χ3v) is 6.63. The zero-order valence-corrected chi connectivity index (χ0v) is 18.7. The molecule has 3 aliphatic rings. The van der Waals surface area contributed by atoms with Crippen LogP contribution in [0, 0.1) is 5.92 Å². The van der Waals surface area contributed by atoms with Gasteiger partial charge in [0.1, 0.15) is 17.5 Å². The molecule has 3 atom stereocenters. The molecular weight excluding hydrogens is 463 g/mol. The van der Waals surface area contributed by atoms with Crippen LogP contribution in [0.2, 0.25) is 0 Å². The van der Waals surface area contributed by atoms with Gasteiger partial charge in [-0.2, -0.15) is 18.3 Å². The maximum Gasteiger partial charge on any atom is 0.433 e. The number of carbonyl (C=O) groups is 1. The number of amides is 1. The molecule has 2 bridgehead atoms. The minimum absolute atomic E-state index is 0.0359. The lowest BCUT2D eigenvalue weighted by Gasteiger charge is -2.40. The molecular formula is C24H24F3N5O3. The zero-order valence-electron chi connectivity index (χ0n) is 18.7. The normalized spacial score (nSPS) is 24.4. The van der Waals surface area contributed by atoms with Crippen LogP contribution in [0.5, 0.6) is 5.75 Å². The van der Waals surface area contributed by atoms with Crippen molar-refractivity contribution in [2.75, 3.05) is 18.5 Å². The molecule has 1 saturated carbocycles. The minimum atomic E-state index is -4.59. The summed E-state index contributed by atoms with van der Waals surface area (Å²) in [6, 6.07) is 6.45. The number of ether oxygens (including phenoxy) is 2. The second-order valence-electron chi connectivity index (χ2n) is 9.45. The second kappa shape index (κ2) is 8.49. The summed E-state index contributed by atoms with van der Waals surface area (Å²) in [4.78, 5) is 15.7. The van der Waals surface area contributed by atoms with E-state index in [1.165, 1.54) is 0 Å². The first-order chi connectivity index (χ1) is 16.8. The largest absolute Gasteiger partial charge is 0.488 e. The van der Waals surface area contributed by atoms with Crippen LogP contribution in [0.1, 0.15) is 31.4 Å². The van der Waals surface area contributed by atoms with E-state index in [1.54, 1.807) is 28.9 Å². The van der Waals surface area contributed by atoms with E-state index in [4.69, 9.17) is 9.47 Å². The van der Waals surface area contributed by atoms with Gasteiger partial charge in [0.2, 0.25) is 5.91 Å². The predicted octanol–water partition coefficient (Wildman–Crippen LogP) is 3.66. The van der Waals surface area contributed by atoms with Gasteiger partial charge in [0.25, 0.3) is 0 Å². The molecule has 35 heavy (non-hydrogen) atoms. The summed E-state index contributed by atoms with van der Waals surface area (Å²) in [6.45, 7) is 1.18. The molecule has 3 aromatic heterocycles. The van der Waals surface area contributed by atoms with E-state index in [0.29, 0.717) is 54.3 Å². The number of nitrogens with zero attached hydrogens (tertiary/aromatic N) is 3. The summed E-state index contributed by atoms with van der Waals surface area (Å²) < 4.78 is 53.9. The van der Waals surface area contributed by atoms with Crippen molar-refractivity contribution in [2.24, 2.45) is 5.92 Å². The molecule has 2 aliphatic heterocycles. The summed E-state index contributed by atoms with van der Waals surface area (Å²) in [5, 5.41) is 10.6. The van der Waals surface area contributed by atoms with Gasteiger partial charge in [-0.05, 0) is 36.6 Å². The highest BCUT2D eigenvalue weighted by molar-refractivity contribution is 5.93. The number of piperidine rings is 1. The van der Waals surface area contributed by atoms with Gasteiger partial charge in [-0.1, -0.05) is 0 Å². The Hall–Kier alpha value is -3.18. The Morgan fingerprint density at radius 1 is 1.17 bits per heavy atom. The van der Waals surface area contributed by atoms with Crippen molar-refractivity contribution < 1.29 is 27.4 Å². The van der Waals surface area contributed by atoms with Gasteiger partial charge >= 0.3 is 6.18 Å². The zero-order chi connectivity index (χ0) is 24.2. The molecule has 184 valence electrons. The fraction of sp³-hybridized carbons (Fsp3) is 0.458. The van der Waals surface area contributed by atoms with Crippen molar-refractivity contribution in [1.82, 2.24) is 19.9 Å². The number of hydrogen-bond acceptors (Lipinski definition) is 6.